The fourth-order valence-corrected chi connectivity index (χ4v) is 3.93. The molecule has 0 atom stereocenters. The van der Waals surface area contributed by atoms with Gasteiger partial charge >= 0.3 is 0 Å². The Morgan fingerprint density at radius 1 is 0.545 bits per heavy atom. The molecule has 4 nitrogen and oxygen atoms in total. The van der Waals surface area contributed by atoms with E-state index in [4.69, 9.17) is 20.0 Å². The zero-order valence-electron chi connectivity index (χ0n) is 18.2. The molecular formula is C28H20N2O2S. The Morgan fingerprint density at radius 3 is 1.55 bits per heavy atom. The molecule has 0 aromatic heterocycles. The van der Waals surface area contributed by atoms with Crippen molar-refractivity contribution >= 4 is 11.8 Å². The van der Waals surface area contributed by atoms with Crippen molar-refractivity contribution in [1.82, 2.24) is 0 Å². The van der Waals surface area contributed by atoms with Gasteiger partial charge < -0.3 is 9.47 Å². The summed E-state index contributed by atoms with van der Waals surface area (Å²) >= 11 is 1.64. The first-order chi connectivity index (χ1) is 16.0. The second-order valence-corrected chi connectivity index (χ2v) is 8.57. The summed E-state index contributed by atoms with van der Waals surface area (Å²) in [6, 6.07) is 30.7. The van der Waals surface area contributed by atoms with Gasteiger partial charge in [-0.1, -0.05) is 17.8 Å². The van der Waals surface area contributed by atoms with E-state index in [1.165, 1.54) is 11.1 Å². The lowest BCUT2D eigenvalue weighted by Crippen LogP contribution is -1.88. The molecule has 0 aliphatic heterocycles. The van der Waals surface area contributed by atoms with Gasteiger partial charge in [0.05, 0.1) is 11.1 Å². The standard InChI is InChI=1S/C28H20N2O2S/c1-19-3-5-25(15-20(19)2)31-23-7-11-27(12-8-23)33-28-13-9-24(10-14-28)32-26-6-4-21(17-29)22(16-26)18-30/h3-16H,1-2H3. The average molecular weight is 449 g/mol. The first-order valence-electron chi connectivity index (χ1n) is 10.3. The molecule has 0 spiro atoms. The van der Waals surface area contributed by atoms with Crippen molar-refractivity contribution in [2.45, 2.75) is 23.6 Å². The van der Waals surface area contributed by atoms with Crippen LogP contribution in [0.3, 0.4) is 0 Å². The van der Waals surface area contributed by atoms with E-state index in [0.29, 0.717) is 22.6 Å². The maximum Gasteiger partial charge on any atom is 0.128 e. The SMILES string of the molecule is Cc1ccc(Oc2ccc(Sc3ccc(Oc4ccc(C#N)c(C#N)c4)cc3)cc2)cc1C. The average Bonchev–Trinajstić information content (AvgIpc) is 2.84. The molecule has 33 heavy (non-hydrogen) atoms. The van der Waals surface area contributed by atoms with Gasteiger partial charge in [-0.15, -0.1) is 0 Å². The maximum absolute atomic E-state index is 9.16. The first kappa shape index (κ1) is 22.0. The lowest BCUT2D eigenvalue weighted by molar-refractivity contribution is 0.481. The van der Waals surface area contributed by atoms with Crippen LogP contribution in [0.4, 0.5) is 0 Å². The minimum Gasteiger partial charge on any atom is -0.457 e. The third-order valence-corrected chi connectivity index (χ3v) is 6.08. The Balaban J connectivity index is 1.38. The molecule has 0 aliphatic rings. The van der Waals surface area contributed by atoms with Crippen LogP contribution >= 0.6 is 11.8 Å². The summed E-state index contributed by atoms with van der Waals surface area (Å²) in [6.07, 6.45) is 0. The van der Waals surface area contributed by atoms with E-state index in [2.05, 4.69) is 19.9 Å². The number of rotatable bonds is 6. The third kappa shape index (κ3) is 5.54. The van der Waals surface area contributed by atoms with Crippen molar-refractivity contribution in [1.29, 1.82) is 10.5 Å². The van der Waals surface area contributed by atoms with Crippen LogP contribution in [-0.4, -0.2) is 0 Å². The van der Waals surface area contributed by atoms with E-state index < -0.39 is 0 Å². The normalized spacial score (nSPS) is 10.2. The predicted octanol–water partition coefficient (Wildman–Crippen LogP) is 7.78. The molecule has 0 saturated heterocycles. The zero-order chi connectivity index (χ0) is 23.2. The number of aryl methyl sites for hydroxylation is 2. The van der Waals surface area contributed by atoms with E-state index in [9.17, 15) is 0 Å². The summed E-state index contributed by atoms with van der Waals surface area (Å²) in [7, 11) is 0. The number of nitrogens with zero attached hydrogens (tertiary/aromatic N) is 2. The van der Waals surface area contributed by atoms with Gasteiger partial charge in [0.15, 0.2) is 0 Å². The van der Waals surface area contributed by atoms with E-state index in [1.807, 2.05) is 72.8 Å². The number of benzene rings is 4. The summed E-state index contributed by atoms with van der Waals surface area (Å²) in [6.45, 7) is 4.16. The summed E-state index contributed by atoms with van der Waals surface area (Å²) in [5.41, 5.74) is 3.08. The second-order valence-electron chi connectivity index (χ2n) is 7.43. The molecule has 160 valence electrons. The highest BCUT2D eigenvalue weighted by Gasteiger charge is 2.06. The Hall–Kier alpha value is -4.19. The summed E-state index contributed by atoms with van der Waals surface area (Å²) in [4.78, 5) is 2.17. The lowest BCUT2D eigenvalue weighted by atomic mass is 10.1. The van der Waals surface area contributed by atoms with Gasteiger partial charge in [0.2, 0.25) is 0 Å². The van der Waals surface area contributed by atoms with Crippen molar-refractivity contribution in [3.63, 3.8) is 0 Å². The molecule has 0 heterocycles. The highest BCUT2D eigenvalue weighted by Crippen LogP contribution is 2.32. The van der Waals surface area contributed by atoms with Gasteiger partial charge in [-0.25, -0.2) is 0 Å². The van der Waals surface area contributed by atoms with Gasteiger partial charge in [-0.3, -0.25) is 0 Å². The van der Waals surface area contributed by atoms with Crippen molar-refractivity contribution in [3.05, 3.63) is 107 Å². The van der Waals surface area contributed by atoms with E-state index in [0.717, 1.165) is 21.3 Å². The molecule has 0 N–H and O–H groups in total. The maximum atomic E-state index is 9.16. The van der Waals surface area contributed by atoms with Gasteiger partial charge in [-0.2, -0.15) is 10.5 Å². The fourth-order valence-electron chi connectivity index (χ4n) is 3.11. The number of hydrogen-bond donors (Lipinski definition) is 0. The Labute approximate surface area is 197 Å². The first-order valence-corrected chi connectivity index (χ1v) is 11.1. The van der Waals surface area contributed by atoms with Crippen molar-refractivity contribution in [2.75, 3.05) is 0 Å². The molecule has 5 heteroatoms. The third-order valence-electron chi connectivity index (χ3n) is 5.06. The predicted molar refractivity (Wildman–Crippen MR) is 129 cm³/mol. The van der Waals surface area contributed by atoms with Gasteiger partial charge in [0.1, 0.15) is 35.1 Å². The molecule has 4 aromatic carbocycles. The topological polar surface area (TPSA) is 66.0 Å². The molecule has 0 saturated carbocycles. The quantitative estimate of drug-likeness (QED) is 0.301. The van der Waals surface area contributed by atoms with Crippen LogP contribution in [0.25, 0.3) is 0 Å². The molecule has 4 aromatic rings. The van der Waals surface area contributed by atoms with E-state index in [1.54, 1.807) is 30.0 Å². The highest BCUT2D eigenvalue weighted by molar-refractivity contribution is 7.99. The van der Waals surface area contributed by atoms with Crippen LogP contribution < -0.4 is 9.47 Å². The van der Waals surface area contributed by atoms with Crippen molar-refractivity contribution in [2.24, 2.45) is 0 Å². The number of hydrogen-bond acceptors (Lipinski definition) is 5. The Kier molecular flexibility index (Phi) is 6.64. The Morgan fingerprint density at radius 2 is 1.03 bits per heavy atom. The number of nitriles is 2. The van der Waals surface area contributed by atoms with Crippen molar-refractivity contribution < 1.29 is 9.47 Å². The van der Waals surface area contributed by atoms with Crippen LogP contribution in [0.2, 0.25) is 0 Å². The molecule has 0 fully saturated rings. The summed E-state index contributed by atoms with van der Waals surface area (Å²) < 4.78 is 11.8. The molecule has 0 radical (unpaired) electrons. The second kappa shape index (κ2) is 9.96. The minimum atomic E-state index is 0.298. The number of ether oxygens (including phenoxy) is 2. The highest BCUT2D eigenvalue weighted by atomic mass is 32.2. The fraction of sp³-hybridized carbons (Fsp3) is 0.0714. The Bertz CT molecular complexity index is 1370. The minimum absolute atomic E-state index is 0.298. The van der Waals surface area contributed by atoms with Crippen molar-refractivity contribution in [3.8, 4) is 35.1 Å². The van der Waals surface area contributed by atoms with Crippen LogP contribution in [0.15, 0.2) is 94.7 Å². The molecule has 0 unspecified atom stereocenters. The lowest BCUT2D eigenvalue weighted by Gasteiger charge is -2.09. The zero-order valence-corrected chi connectivity index (χ0v) is 19.0. The molecular weight excluding hydrogens is 428 g/mol. The van der Waals surface area contributed by atoms with Gasteiger partial charge in [-0.05, 0) is 104 Å². The van der Waals surface area contributed by atoms with E-state index >= 15 is 0 Å². The largest absolute Gasteiger partial charge is 0.457 e. The van der Waals surface area contributed by atoms with Crippen LogP contribution in [-0.2, 0) is 0 Å². The van der Waals surface area contributed by atoms with Gasteiger partial charge in [0.25, 0.3) is 0 Å². The smallest absolute Gasteiger partial charge is 0.128 e. The molecule has 0 aliphatic carbocycles. The molecule has 0 amide bonds. The monoisotopic (exact) mass is 448 g/mol. The van der Waals surface area contributed by atoms with Crippen LogP contribution in [0.5, 0.6) is 23.0 Å². The van der Waals surface area contributed by atoms with Gasteiger partial charge in [0, 0.05) is 9.79 Å². The van der Waals surface area contributed by atoms with Crippen LogP contribution in [0, 0.1) is 36.5 Å². The summed E-state index contributed by atoms with van der Waals surface area (Å²) in [5, 5.41) is 18.2. The molecule has 4 rings (SSSR count). The van der Waals surface area contributed by atoms with E-state index in [-0.39, 0.29) is 0 Å². The summed E-state index contributed by atoms with van der Waals surface area (Å²) in [5.74, 6) is 2.80. The molecule has 0 bridgehead atoms. The van der Waals surface area contributed by atoms with Crippen LogP contribution in [0.1, 0.15) is 22.3 Å².